The molecule has 1 fully saturated rings. The summed E-state index contributed by atoms with van der Waals surface area (Å²) in [4.78, 5) is 22.3. The third-order valence-electron chi connectivity index (χ3n) is 4.98. The van der Waals surface area contributed by atoms with Gasteiger partial charge in [0.1, 0.15) is 27.8 Å². The molecule has 0 atom stereocenters. The Balaban J connectivity index is 1.71. The molecule has 0 unspecified atom stereocenters. The van der Waals surface area contributed by atoms with Crippen LogP contribution < -0.4 is 5.32 Å². The number of rotatable bonds is 7. The Morgan fingerprint density at radius 3 is 2.68 bits per heavy atom. The zero-order chi connectivity index (χ0) is 20.3. The number of piperidine rings is 1. The molecule has 0 saturated carbocycles. The Labute approximate surface area is 180 Å². The molecule has 1 aliphatic heterocycles. The zero-order valence-electron chi connectivity index (χ0n) is 17.0. The van der Waals surface area contributed by atoms with E-state index in [4.69, 9.17) is 4.74 Å². The van der Waals surface area contributed by atoms with Gasteiger partial charge in [0, 0.05) is 40.7 Å². The van der Waals surface area contributed by atoms with E-state index in [-0.39, 0.29) is 11.9 Å². The quantitative estimate of drug-likeness (QED) is 0.346. The summed E-state index contributed by atoms with van der Waals surface area (Å²) in [6.45, 7) is 11.4. The van der Waals surface area contributed by atoms with Gasteiger partial charge < -0.3 is 15.0 Å². The highest BCUT2D eigenvalue weighted by Crippen LogP contribution is 2.26. The first kappa shape index (κ1) is 21.4. The number of hydrogen-bond donors (Lipinski definition) is 1. The number of anilines is 1. The van der Waals surface area contributed by atoms with E-state index in [9.17, 15) is 4.79 Å². The van der Waals surface area contributed by atoms with Gasteiger partial charge in [-0.2, -0.15) is 5.10 Å². The van der Waals surface area contributed by atoms with Crippen LogP contribution in [0.2, 0.25) is 25.7 Å². The molecule has 1 aliphatic rings. The fourth-order valence-corrected chi connectivity index (χ4v) is 4.65. The van der Waals surface area contributed by atoms with Gasteiger partial charge in [-0.1, -0.05) is 19.6 Å². The predicted octanol–water partition coefficient (Wildman–Crippen LogP) is 3.17. The highest BCUT2D eigenvalue weighted by molar-refractivity contribution is 14.1. The summed E-state index contributed by atoms with van der Waals surface area (Å²) in [7, 11) is -1.12. The summed E-state index contributed by atoms with van der Waals surface area (Å²) in [5, 5.41) is 8.16. The standard InChI is InChI=1S/C18H29IN6O2Si/c1-13(26)24-7-5-14(6-8-24)22-18-16-15(20-11-21-18)17(19)23-25(16)12-27-9-10-28(2,3)4/h11,14H,5-10,12H2,1-4H3,(H,20,21,22). The lowest BCUT2D eigenvalue weighted by molar-refractivity contribution is -0.129. The lowest BCUT2D eigenvalue weighted by Crippen LogP contribution is -2.41. The Kier molecular flexibility index (Phi) is 6.92. The maximum Gasteiger partial charge on any atom is 0.219 e. The smallest absolute Gasteiger partial charge is 0.219 e. The molecule has 0 aromatic carbocycles. The maximum atomic E-state index is 11.5. The number of aromatic nitrogens is 4. The van der Waals surface area contributed by atoms with E-state index in [1.807, 2.05) is 9.58 Å². The first-order valence-corrected chi connectivity index (χ1v) is 14.5. The van der Waals surface area contributed by atoms with Gasteiger partial charge in [-0.05, 0) is 41.5 Å². The third-order valence-corrected chi connectivity index (χ3v) is 7.41. The molecule has 1 N–H and O–H groups in total. The second kappa shape index (κ2) is 9.03. The number of nitrogens with one attached hydrogen (secondary N) is 1. The van der Waals surface area contributed by atoms with E-state index in [1.165, 1.54) is 0 Å². The van der Waals surface area contributed by atoms with Crippen LogP contribution in [0.3, 0.4) is 0 Å². The van der Waals surface area contributed by atoms with Crippen molar-refractivity contribution in [3.63, 3.8) is 0 Å². The number of ether oxygens (including phenoxy) is 1. The van der Waals surface area contributed by atoms with Crippen molar-refractivity contribution in [2.24, 2.45) is 0 Å². The fraction of sp³-hybridized carbons (Fsp3) is 0.667. The highest BCUT2D eigenvalue weighted by atomic mass is 127. The van der Waals surface area contributed by atoms with E-state index in [0.717, 1.165) is 59.1 Å². The van der Waals surface area contributed by atoms with Crippen LogP contribution in [0.25, 0.3) is 11.0 Å². The van der Waals surface area contributed by atoms with Crippen molar-refractivity contribution < 1.29 is 9.53 Å². The molecule has 10 heteroatoms. The molecule has 8 nitrogen and oxygen atoms in total. The summed E-state index contributed by atoms with van der Waals surface area (Å²) in [5.41, 5.74) is 1.72. The van der Waals surface area contributed by atoms with Crippen LogP contribution in [0.5, 0.6) is 0 Å². The molecule has 3 heterocycles. The topological polar surface area (TPSA) is 85.2 Å². The van der Waals surface area contributed by atoms with Gasteiger partial charge in [0.05, 0.1) is 0 Å². The van der Waals surface area contributed by atoms with E-state index < -0.39 is 8.07 Å². The van der Waals surface area contributed by atoms with Gasteiger partial charge in [-0.25, -0.2) is 14.6 Å². The minimum Gasteiger partial charge on any atom is -0.365 e. The first-order chi connectivity index (χ1) is 13.2. The van der Waals surface area contributed by atoms with Crippen LogP contribution in [0, 0.1) is 3.70 Å². The Morgan fingerprint density at radius 1 is 1.32 bits per heavy atom. The molecule has 0 bridgehead atoms. The molecule has 0 spiro atoms. The largest absolute Gasteiger partial charge is 0.365 e. The lowest BCUT2D eigenvalue weighted by Gasteiger charge is -2.32. The minimum atomic E-state index is -1.12. The number of likely N-dealkylation sites (tertiary alicyclic amines) is 1. The summed E-state index contributed by atoms with van der Waals surface area (Å²) >= 11 is 2.21. The monoisotopic (exact) mass is 516 g/mol. The van der Waals surface area contributed by atoms with E-state index in [0.29, 0.717) is 6.73 Å². The molecule has 3 rings (SSSR count). The molecule has 2 aromatic heterocycles. The summed E-state index contributed by atoms with van der Waals surface area (Å²) in [6, 6.07) is 1.40. The predicted molar refractivity (Wildman–Crippen MR) is 121 cm³/mol. The fourth-order valence-electron chi connectivity index (χ4n) is 3.24. The van der Waals surface area contributed by atoms with Crippen LogP contribution >= 0.6 is 22.6 Å². The first-order valence-electron chi connectivity index (χ1n) is 9.71. The van der Waals surface area contributed by atoms with Crippen molar-refractivity contribution in [1.29, 1.82) is 0 Å². The molecular weight excluding hydrogens is 487 g/mol. The Hall–Kier alpha value is -1.27. The Morgan fingerprint density at radius 2 is 2.04 bits per heavy atom. The van der Waals surface area contributed by atoms with Crippen LogP contribution in [0.4, 0.5) is 5.82 Å². The van der Waals surface area contributed by atoms with Crippen LogP contribution in [-0.4, -0.2) is 64.4 Å². The number of carbonyl (C=O) groups is 1. The van der Waals surface area contributed by atoms with Crippen molar-refractivity contribution >= 4 is 53.4 Å². The summed E-state index contributed by atoms with van der Waals surface area (Å²) in [6.07, 6.45) is 3.39. The summed E-state index contributed by atoms with van der Waals surface area (Å²) < 4.78 is 8.61. The van der Waals surface area contributed by atoms with E-state index in [1.54, 1.807) is 13.3 Å². The number of fused-ring (bicyclic) bond motifs is 1. The molecule has 0 aliphatic carbocycles. The SMILES string of the molecule is CC(=O)N1CCC(Nc2ncnc3c(I)nn(COCC[Si](C)(C)C)c23)CC1. The van der Waals surface area contributed by atoms with Crippen molar-refractivity contribution in [3.8, 4) is 0 Å². The normalized spacial score (nSPS) is 16.0. The number of amides is 1. The minimum absolute atomic E-state index is 0.144. The number of nitrogens with zero attached hydrogens (tertiary/aromatic N) is 5. The Bertz CT molecular complexity index is 829. The van der Waals surface area contributed by atoms with Crippen molar-refractivity contribution in [2.45, 2.75) is 58.2 Å². The summed E-state index contributed by atoms with van der Waals surface area (Å²) in [5.74, 6) is 0.932. The second-order valence-corrected chi connectivity index (χ2v) is 15.1. The number of carbonyl (C=O) groups excluding carboxylic acids is 1. The maximum absolute atomic E-state index is 11.5. The zero-order valence-corrected chi connectivity index (χ0v) is 20.2. The van der Waals surface area contributed by atoms with Gasteiger partial charge in [-0.3, -0.25) is 4.79 Å². The van der Waals surface area contributed by atoms with Gasteiger partial charge in [-0.15, -0.1) is 0 Å². The number of halogens is 1. The second-order valence-electron chi connectivity index (χ2n) is 8.48. The van der Waals surface area contributed by atoms with Crippen LogP contribution in [0.15, 0.2) is 6.33 Å². The molecular formula is C18H29IN6O2Si. The molecule has 2 aromatic rings. The van der Waals surface area contributed by atoms with Gasteiger partial charge in [0.2, 0.25) is 5.91 Å². The third kappa shape index (κ3) is 5.41. The molecule has 154 valence electrons. The molecule has 1 amide bonds. The average Bonchev–Trinajstić information content (AvgIpc) is 2.95. The van der Waals surface area contributed by atoms with Crippen LogP contribution in [-0.2, 0) is 16.3 Å². The van der Waals surface area contributed by atoms with Gasteiger partial charge in [0.15, 0.2) is 5.82 Å². The van der Waals surface area contributed by atoms with E-state index >= 15 is 0 Å². The number of hydrogen-bond acceptors (Lipinski definition) is 6. The lowest BCUT2D eigenvalue weighted by atomic mass is 10.1. The van der Waals surface area contributed by atoms with Crippen molar-refractivity contribution in [3.05, 3.63) is 10.0 Å². The molecule has 1 saturated heterocycles. The van der Waals surface area contributed by atoms with Crippen molar-refractivity contribution in [1.82, 2.24) is 24.6 Å². The van der Waals surface area contributed by atoms with Crippen molar-refractivity contribution in [2.75, 3.05) is 25.0 Å². The van der Waals surface area contributed by atoms with Gasteiger partial charge in [0.25, 0.3) is 0 Å². The van der Waals surface area contributed by atoms with E-state index in [2.05, 4.69) is 62.6 Å². The van der Waals surface area contributed by atoms with Gasteiger partial charge >= 0.3 is 0 Å². The van der Waals surface area contributed by atoms with Crippen LogP contribution in [0.1, 0.15) is 19.8 Å². The average molecular weight is 516 g/mol. The molecule has 28 heavy (non-hydrogen) atoms. The highest BCUT2D eigenvalue weighted by Gasteiger charge is 2.23. The molecule has 0 radical (unpaired) electrons.